The molecule has 5 nitrogen and oxygen atoms in total. The second-order valence-electron chi connectivity index (χ2n) is 6.41. The lowest BCUT2D eigenvalue weighted by molar-refractivity contribution is -0.119. The van der Waals surface area contributed by atoms with Crippen molar-refractivity contribution in [2.45, 2.75) is 13.8 Å². The number of nitrogens with zero attached hydrogens (tertiary/aromatic N) is 2. The standard InChI is InChI=1S/C21H19Cl2IN4O/c1-13-9-15(14(2)28(13)18-7-8-19(22)20(23)10-18)11-26-27-21(29)12-25-17-5-3-16(24)4-6-17/h3-11,25H,12H2,1-2H3,(H,27,29)/b26-11-. The minimum absolute atomic E-state index is 0.139. The molecule has 0 aliphatic carbocycles. The van der Waals surface area contributed by atoms with Crippen molar-refractivity contribution < 1.29 is 4.79 Å². The van der Waals surface area contributed by atoms with Gasteiger partial charge in [0.05, 0.1) is 22.8 Å². The molecule has 0 radical (unpaired) electrons. The van der Waals surface area contributed by atoms with Crippen LogP contribution in [-0.2, 0) is 4.79 Å². The Morgan fingerprint density at radius 3 is 2.52 bits per heavy atom. The minimum Gasteiger partial charge on any atom is -0.376 e. The Kier molecular flexibility index (Phi) is 7.21. The number of carbonyl (C=O) groups excluding carboxylic acids is 1. The van der Waals surface area contributed by atoms with E-state index in [1.807, 2.05) is 56.3 Å². The fraction of sp³-hybridized carbons (Fsp3) is 0.143. The number of amides is 1. The fourth-order valence-corrected chi connectivity index (χ4v) is 3.56. The molecule has 2 aromatic carbocycles. The van der Waals surface area contributed by atoms with E-state index in [1.54, 1.807) is 12.3 Å². The Balaban J connectivity index is 1.64. The second-order valence-corrected chi connectivity index (χ2v) is 8.47. The van der Waals surface area contributed by atoms with Crippen LogP contribution in [0.2, 0.25) is 10.0 Å². The molecule has 0 unspecified atom stereocenters. The first-order chi connectivity index (χ1) is 13.8. The smallest absolute Gasteiger partial charge is 0.259 e. The van der Waals surface area contributed by atoms with E-state index >= 15 is 0 Å². The molecule has 0 atom stereocenters. The largest absolute Gasteiger partial charge is 0.376 e. The molecule has 0 saturated carbocycles. The first-order valence-corrected chi connectivity index (χ1v) is 10.6. The Bertz CT molecular complexity index is 1060. The highest BCUT2D eigenvalue weighted by atomic mass is 127. The van der Waals surface area contributed by atoms with Crippen molar-refractivity contribution in [2.24, 2.45) is 5.10 Å². The number of hydrazone groups is 1. The molecule has 29 heavy (non-hydrogen) atoms. The summed E-state index contributed by atoms with van der Waals surface area (Å²) in [6.45, 7) is 4.12. The van der Waals surface area contributed by atoms with Gasteiger partial charge in [0.15, 0.2) is 0 Å². The fourth-order valence-electron chi connectivity index (χ4n) is 2.90. The predicted molar refractivity (Wildman–Crippen MR) is 129 cm³/mol. The molecule has 1 aromatic heterocycles. The van der Waals surface area contributed by atoms with Crippen LogP contribution in [-0.4, -0.2) is 23.2 Å². The van der Waals surface area contributed by atoms with E-state index in [9.17, 15) is 4.79 Å². The van der Waals surface area contributed by atoms with Gasteiger partial charge in [-0.15, -0.1) is 0 Å². The third kappa shape index (κ3) is 5.52. The predicted octanol–water partition coefficient (Wildman–Crippen LogP) is 5.57. The van der Waals surface area contributed by atoms with Crippen molar-refractivity contribution in [2.75, 3.05) is 11.9 Å². The number of aromatic nitrogens is 1. The number of halogens is 3. The first-order valence-electron chi connectivity index (χ1n) is 8.81. The van der Waals surface area contributed by atoms with Gasteiger partial charge in [-0.1, -0.05) is 23.2 Å². The number of benzene rings is 2. The normalized spacial score (nSPS) is 11.1. The highest BCUT2D eigenvalue weighted by Crippen LogP contribution is 2.27. The van der Waals surface area contributed by atoms with E-state index in [4.69, 9.17) is 23.2 Å². The summed E-state index contributed by atoms with van der Waals surface area (Å²) in [7, 11) is 0. The van der Waals surface area contributed by atoms with Crippen LogP contribution in [0.25, 0.3) is 5.69 Å². The van der Waals surface area contributed by atoms with Gasteiger partial charge in [0.25, 0.3) is 5.91 Å². The van der Waals surface area contributed by atoms with E-state index < -0.39 is 0 Å². The van der Waals surface area contributed by atoms with Crippen molar-refractivity contribution in [3.05, 3.63) is 79.1 Å². The zero-order chi connectivity index (χ0) is 21.0. The Morgan fingerprint density at radius 1 is 1.10 bits per heavy atom. The molecule has 0 aliphatic rings. The molecule has 0 fully saturated rings. The van der Waals surface area contributed by atoms with Gasteiger partial charge in [0.1, 0.15) is 0 Å². The lowest BCUT2D eigenvalue weighted by Crippen LogP contribution is -2.25. The van der Waals surface area contributed by atoms with Crippen LogP contribution < -0.4 is 10.7 Å². The Labute approximate surface area is 193 Å². The molecular formula is C21H19Cl2IN4O. The number of rotatable bonds is 6. The van der Waals surface area contributed by atoms with E-state index in [-0.39, 0.29) is 12.5 Å². The molecule has 8 heteroatoms. The molecule has 0 aliphatic heterocycles. The summed E-state index contributed by atoms with van der Waals surface area (Å²) in [5.74, 6) is -0.224. The molecule has 3 aromatic rings. The highest BCUT2D eigenvalue weighted by Gasteiger charge is 2.11. The van der Waals surface area contributed by atoms with Crippen LogP contribution in [0.3, 0.4) is 0 Å². The van der Waals surface area contributed by atoms with E-state index in [1.165, 1.54) is 0 Å². The number of hydrogen-bond donors (Lipinski definition) is 2. The Morgan fingerprint density at radius 2 is 1.83 bits per heavy atom. The molecular weight excluding hydrogens is 522 g/mol. The highest BCUT2D eigenvalue weighted by molar-refractivity contribution is 14.1. The van der Waals surface area contributed by atoms with Crippen LogP contribution in [0.4, 0.5) is 5.69 Å². The molecule has 150 valence electrons. The molecule has 0 saturated heterocycles. The summed E-state index contributed by atoms with van der Waals surface area (Å²) in [6.07, 6.45) is 1.64. The minimum atomic E-state index is -0.224. The van der Waals surface area contributed by atoms with E-state index in [0.29, 0.717) is 10.0 Å². The number of carbonyl (C=O) groups is 1. The van der Waals surface area contributed by atoms with Crippen LogP contribution >= 0.6 is 45.8 Å². The van der Waals surface area contributed by atoms with Crippen LogP contribution in [0.15, 0.2) is 53.6 Å². The van der Waals surface area contributed by atoms with Gasteiger partial charge in [0.2, 0.25) is 0 Å². The average Bonchev–Trinajstić information content (AvgIpc) is 2.97. The second kappa shape index (κ2) is 9.65. The maximum atomic E-state index is 12.0. The molecule has 2 N–H and O–H groups in total. The maximum Gasteiger partial charge on any atom is 0.259 e. The van der Waals surface area contributed by atoms with E-state index in [0.717, 1.165) is 31.9 Å². The average molecular weight is 541 g/mol. The Hall–Kier alpha value is -2.03. The SMILES string of the molecule is Cc1cc(/C=N\NC(=O)CNc2ccc(I)cc2)c(C)n1-c1ccc(Cl)c(Cl)c1. The molecule has 0 spiro atoms. The summed E-state index contributed by atoms with van der Waals surface area (Å²) in [5, 5.41) is 8.16. The van der Waals surface area contributed by atoms with Crippen molar-refractivity contribution >= 4 is 63.6 Å². The zero-order valence-electron chi connectivity index (χ0n) is 15.8. The summed E-state index contributed by atoms with van der Waals surface area (Å²) in [4.78, 5) is 12.0. The van der Waals surface area contributed by atoms with Gasteiger partial charge in [-0.2, -0.15) is 5.10 Å². The molecule has 1 heterocycles. The lowest BCUT2D eigenvalue weighted by Gasteiger charge is -2.10. The monoisotopic (exact) mass is 540 g/mol. The molecule has 3 rings (SSSR count). The van der Waals surface area contributed by atoms with Gasteiger partial charge < -0.3 is 9.88 Å². The number of nitrogens with one attached hydrogen (secondary N) is 2. The van der Waals surface area contributed by atoms with Gasteiger partial charge in [0, 0.05) is 31.9 Å². The maximum absolute atomic E-state index is 12.0. The number of aryl methyl sites for hydroxylation is 1. The van der Waals surface area contributed by atoms with Crippen molar-refractivity contribution in [3.63, 3.8) is 0 Å². The van der Waals surface area contributed by atoms with Crippen molar-refractivity contribution in [1.29, 1.82) is 0 Å². The van der Waals surface area contributed by atoms with Gasteiger partial charge in [-0.25, -0.2) is 5.43 Å². The van der Waals surface area contributed by atoms with Crippen LogP contribution in [0, 0.1) is 17.4 Å². The first kappa shape index (κ1) is 21.7. The quantitative estimate of drug-likeness (QED) is 0.244. The number of anilines is 1. The van der Waals surface area contributed by atoms with Gasteiger partial charge >= 0.3 is 0 Å². The van der Waals surface area contributed by atoms with E-state index in [2.05, 4.69) is 43.0 Å². The third-order valence-corrected chi connectivity index (χ3v) is 5.78. The van der Waals surface area contributed by atoms with Gasteiger partial charge in [-0.3, -0.25) is 4.79 Å². The topological polar surface area (TPSA) is 58.4 Å². The van der Waals surface area contributed by atoms with Crippen LogP contribution in [0.1, 0.15) is 17.0 Å². The zero-order valence-corrected chi connectivity index (χ0v) is 19.5. The molecule has 0 bridgehead atoms. The summed E-state index contributed by atoms with van der Waals surface area (Å²) < 4.78 is 3.20. The van der Waals surface area contributed by atoms with Gasteiger partial charge in [-0.05, 0) is 85.0 Å². The lowest BCUT2D eigenvalue weighted by atomic mass is 10.2. The summed E-state index contributed by atoms with van der Waals surface area (Å²) >= 11 is 14.4. The molecule has 1 amide bonds. The summed E-state index contributed by atoms with van der Waals surface area (Å²) in [6, 6.07) is 15.3. The third-order valence-electron chi connectivity index (χ3n) is 4.32. The van der Waals surface area contributed by atoms with Crippen molar-refractivity contribution in [1.82, 2.24) is 9.99 Å². The van der Waals surface area contributed by atoms with Crippen molar-refractivity contribution in [3.8, 4) is 5.69 Å². The number of hydrogen-bond acceptors (Lipinski definition) is 3. The van der Waals surface area contributed by atoms with Crippen LogP contribution in [0.5, 0.6) is 0 Å². The summed E-state index contributed by atoms with van der Waals surface area (Å²) in [5.41, 5.74) is 7.25.